The van der Waals surface area contributed by atoms with Gasteiger partial charge in [0, 0.05) is 24.3 Å². The highest BCUT2D eigenvalue weighted by atomic mass is 16.7. The van der Waals surface area contributed by atoms with E-state index in [2.05, 4.69) is 20.7 Å². The van der Waals surface area contributed by atoms with Gasteiger partial charge in [-0.1, -0.05) is 13.0 Å². The Bertz CT molecular complexity index is 1540. The van der Waals surface area contributed by atoms with E-state index in [1.54, 1.807) is 26.8 Å². The zero-order valence-electron chi connectivity index (χ0n) is 23.1. The van der Waals surface area contributed by atoms with E-state index in [9.17, 15) is 24.0 Å². The highest BCUT2D eigenvalue weighted by Crippen LogP contribution is 2.46. The third-order valence-electron chi connectivity index (χ3n) is 7.06. The van der Waals surface area contributed by atoms with Crippen LogP contribution in [-0.4, -0.2) is 64.3 Å². The van der Waals surface area contributed by atoms with Gasteiger partial charge in [0.25, 0.3) is 5.91 Å². The molecule has 0 aliphatic heterocycles. The molecule has 2 unspecified atom stereocenters. The van der Waals surface area contributed by atoms with Crippen LogP contribution in [0.25, 0.3) is 5.52 Å². The van der Waals surface area contributed by atoms with Crippen LogP contribution in [0.3, 0.4) is 0 Å². The van der Waals surface area contributed by atoms with Gasteiger partial charge >= 0.3 is 12.1 Å². The van der Waals surface area contributed by atoms with Crippen molar-refractivity contribution >= 4 is 47.3 Å². The monoisotopic (exact) mass is 565 g/mol. The molecule has 41 heavy (non-hydrogen) atoms. The third-order valence-corrected chi connectivity index (χ3v) is 7.06. The van der Waals surface area contributed by atoms with Crippen LogP contribution in [0.15, 0.2) is 30.7 Å². The van der Waals surface area contributed by atoms with Gasteiger partial charge in [-0.25, -0.2) is 19.2 Å². The molecular formula is C27H31N7O7. The predicted octanol–water partition coefficient (Wildman–Crippen LogP) is 1.88. The van der Waals surface area contributed by atoms with Gasteiger partial charge in [-0.15, -0.1) is 0 Å². The van der Waals surface area contributed by atoms with Crippen LogP contribution in [0.4, 0.5) is 16.3 Å². The summed E-state index contributed by atoms with van der Waals surface area (Å²) in [4.78, 5) is 67.1. The number of nitrogens with two attached hydrogens (primary N) is 1. The first-order valence-corrected chi connectivity index (χ1v) is 12.9. The van der Waals surface area contributed by atoms with E-state index >= 15 is 0 Å². The Morgan fingerprint density at radius 1 is 1.24 bits per heavy atom. The molecule has 2 atom stereocenters. The maximum atomic E-state index is 13.6. The SMILES string of the molecule is CCCNC(=O)c1cn2ncnc(N(C(=O)OCOC(=O)C3(C)CC3NC=O)c3cc(C(N)=O)ccc3C)c2c1C. The Labute approximate surface area is 235 Å². The van der Waals surface area contributed by atoms with Crippen LogP contribution in [0.5, 0.6) is 0 Å². The second kappa shape index (κ2) is 11.6. The van der Waals surface area contributed by atoms with E-state index in [1.807, 2.05) is 6.92 Å². The van der Waals surface area contributed by atoms with Crippen molar-refractivity contribution in [3.63, 3.8) is 0 Å². The summed E-state index contributed by atoms with van der Waals surface area (Å²) in [7, 11) is 0. The number of aryl methyl sites for hydroxylation is 2. The van der Waals surface area contributed by atoms with Gasteiger partial charge in [0.05, 0.1) is 16.7 Å². The number of benzene rings is 1. The number of ether oxygens (including phenoxy) is 2. The van der Waals surface area contributed by atoms with Crippen LogP contribution in [0.2, 0.25) is 0 Å². The maximum Gasteiger partial charge on any atom is 0.423 e. The fourth-order valence-corrected chi connectivity index (χ4v) is 4.45. The van der Waals surface area contributed by atoms with E-state index in [1.165, 1.54) is 29.2 Å². The number of aromatic nitrogens is 3. The summed E-state index contributed by atoms with van der Waals surface area (Å²) in [5.41, 5.74) is 6.66. The lowest BCUT2D eigenvalue weighted by Crippen LogP contribution is -2.32. The number of carbonyl (C=O) groups is 5. The fourth-order valence-electron chi connectivity index (χ4n) is 4.45. The molecule has 14 nitrogen and oxygen atoms in total. The van der Waals surface area contributed by atoms with Crippen molar-refractivity contribution < 1.29 is 33.4 Å². The summed E-state index contributed by atoms with van der Waals surface area (Å²) in [5.74, 6) is -1.62. The normalized spacial score (nSPS) is 17.4. The molecule has 1 aromatic carbocycles. The quantitative estimate of drug-likeness (QED) is 0.177. The molecule has 0 spiro atoms. The molecule has 2 heterocycles. The van der Waals surface area contributed by atoms with Crippen molar-refractivity contribution in [1.82, 2.24) is 25.2 Å². The first-order valence-electron chi connectivity index (χ1n) is 12.9. The van der Waals surface area contributed by atoms with Crippen molar-refractivity contribution in [2.75, 3.05) is 18.2 Å². The Morgan fingerprint density at radius 3 is 2.68 bits per heavy atom. The summed E-state index contributed by atoms with van der Waals surface area (Å²) in [6.45, 7) is 6.72. The molecule has 0 bridgehead atoms. The number of nitrogens with one attached hydrogen (secondary N) is 2. The average Bonchev–Trinajstić information content (AvgIpc) is 3.48. The second-order valence-corrected chi connectivity index (χ2v) is 9.92. The van der Waals surface area contributed by atoms with Gasteiger partial charge in [0.2, 0.25) is 19.1 Å². The average molecular weight is 566 g/mol. The van der Waals surface area contributed by atoms with Crippen molar-refractivity contribution in [2.45, 2.75) is 46.6 Å². The molecule has 3 aromatic rings. The van der Waals surface area contributed by atoms with Gasteiger partial charge in [-0.05, 0) is 56.9 Å². The number of hydrogen-bond acceptors (Lipinski definition) is 9. The number of hydrogen-bond donors (Lipinski definition) is 3. The summed E-state index contributed by atoms with van der Waals surface area (Å²) in [5, 5.41) is 9.56. The zero-order chi connectivity index (χ0) is 29.9. The van der Waals surface area contributed by atoms with Crippen molar-refractivity contribution in [3.8, 4) is 0 Å². The fraction of sp³-hybridized carbons (Fsp3) is 0.370. The number of carbonyl (C=O) groups excluding carboxylic acids is 5. The Balaban J connectivity index is 1.71. The Kier molecular flexibility index (Phi) is 8.21. The van der Waals surface area contributed by atoms with Gasteiger partial charge in [0.1, 0.15) is 11.8 Å². The molecule has 4 rings (SSSR count). The second-order valence-electron chi connectivity index (χ2n) is 9.92. The summed E-state index contributed by atoms with van der Waals surface area (Å²) >= 11 is 0. The lowest BCUT2D eigenvalue weighted by Gasteiger charge is -2.24. The van der Waals surface area contributed by atoms with Crippen LogP contribution in [0, 0.1) is 19.3 Å². The van der Waals surface area contributed by atoms with E-state index in [0.29, 0.717) is 41.6 Å². The van der Waals surface area contributed by atoms with Crippen molar-refractivity contribution in [3.05, 3.63) is 53.0 Å². The van der Waals surface area contributed by atoms with E-state index in [4.69, 9.17) is 15.2 Å². The number of primary amides is 1. The van der Waals surface area contributed by atoms with Crippen LogP contribution >= 0.6 is 0 Å². The van der Waals surface area contributed by atoms with E-state index in [0.717, 1.165) is 11.3 Å². The predicted molar refractivity (Wildman–Crippen MR) is 145 cm³/mol. The minimum Gasteiger partial charge on any atom is -0.427 e. The van der Waals surface area contributed by atoms with Gasteiger partial charge in [0.15, 0.2) is 5.82 Å². The number of esters is 1. The first-order chi connectivity index (χ1) is 19.5. The number of fused-ring (bicyclic) bond motifs is 1. The van der Waals surface area contributed by atoms with Crippen LogP contribution in [-0.2, 0) is 19.1 Å². The van der Waals surface area contributed by atoms with Crippen molar-refractivity contribution in [1.29, 1.82) is 0 Å². The molecule has 0 radical (unpaired) electrons. The molecular weight excluding hydrogens is 534 g/mol. The molecule has 1 fully saturated rings. The highest BCUT2D eigenvalue weighted by Gasteiger charge is 2.57. The molecule has 1 saturated carbocycles. The molecule has 14 heteroatoms. The molecule has 4 N–H and O–H groups in total. The number of rotatable bonds is 11. The Morgan fingerprint density at radius 2 is 2.00 bits per heavy atom. The third kappa shape index (κ3) is 5.66. The van der Waals surface area contributed by atoms with Crippen LogP contribution < -0.4 is 21.3 Å². The number of nitrogens with zero attached hydrogens (tertiary/aromatic N) is 4. The molecule has 1 aliphatic carbocycles. The topological polar surface area (TPSA) is 187 Å². The first kappa shape index (κ1) is 29.0. The molecule has 0 saturated heterocycles. The number of amides is 4. The highest BCUT2D eigenvalue weighted by molar-refractivity contribution is 6.04. The van der Waals surface area contributed by atoms with E-state index < -0.39 is 30.2 Å². The van der Waals surface area contributed by atoms with Crippen LogP contribution in [0.1, 0.15) is 58.5 Å². The molecule has 4 amide bonds. The lowest BCUT2D eigenvalue weighted by atomic mass is 10.1. The maximum absolute atomic E-state index is 13.6. The Hall–Kier alpha value is -5.01. The minimum absolute atomic E-state index is 0.0532. The molecule has 216 valence electrons. The summed E-state index contributed by atoms with van der Waals surface area (Å²) in [6, 6.07) is 4.17. The summed E-state index contributed by atoms with van der Waals surface area (Å²) in [6.07, 6.45) is 3.40. The molecule has 2 aromatic heterocycles. The number of anilines is 2. The molecule has 1 aliphatic rings. The van der Waals surface area contributed by atoms with Crippen molar-refractivity contribution in [2.24, 2.45) is 11.1 Å². The smallest absolute Gasteiger partial charge is 0.423 e. The van der Waals surface area contributed by atoms with Gasteiger partial charge < -0.3 is 25.8 Å². The summed E-state index contributed by atoms with van der Waals surface area (Å²) < 4.78 is 11.9. The van der Waals surface area contributed by atoms with Gasteiger partial charge in [-0.3, -0.25) is 19.2 Å². The minimum atomic E-state index is -0.982. The largest absolute Gasteiger partial charge is 0.427 e. The standard InChI is InChI=1S/C27H31N7O7/c1-5-8-29-24(37)18-11-33-21(16(18)3)23(30-12-32-33)34(19-9-17(22(28)36)7-6-15(19)2)26(39)41-14-40-25(38)27(4)10-20(27)31-13-35/h6-7,9,11-13,20H,5,8,10,14H2,1-4H3,(H2,28,36)(H,29,37)(H,31,35). The lowest BCUT2D eigenvalue weighted by molar-refractivity contribution is -0.158. The van der Waals surface area contributed by atoms with E-state index in [-0.39, 0.29) is 29.0 Å². The zero-order valence-corrected chi connectivity index (χ0v) is 23.1. The van der Waals surface area contributed by atoms with Gasteiger partial charge in [-0.2, -0.15) is 5.10 Å².